The second-order valence-electron chi connectivity index (χ2n) is 6.08. The zero-order valence-electron chi connectivity index (χ0n) is 10.7. The number of hydrogen-bond donors (Lipinski definition) is 1. The van der Waals surface area contributed by atoms with Crippen LogP contribution in [-0.4, -0.2) is 43.8 Å². The van der Waals surface area contributed by atoms with Crippen LogP contribution in [0.15, 0.2) is 0 Å². The summed E-state index contributed by atoms with van der Waals surface area (Å²) in [7, 11) is 0. The van der Waals surface area contributed by atoms with Crippen LogP contribution in [-0.2, 0) is 4.74 Å². The van der Waals surface area contributed by atoms with E-state index in [0.717, 1.165) is 19.8 Å². The molecule has 2 aliphatic rings. The Bertz CT molecular complexity index is 222. The van der Waals surface area contributed by atoms with Crippen molar-refractivity contribution in [3.05, 3.63) is 0 Å². The van der Waals surface area contributed by atoms with E-state index in [1.807, 2.05) is 0 Å². The predicted octanol–water partition coefficient (Wildman–Crippen LogP) is 1.47. The minimum Gasteiger partial charge on any atom is -0.380 e. The molecule has 2 atom stereocenters. The van der Waals surface area contributed by atoms with Gasteiger partial charge < -0.3 is 15.4 Å². The molecule has 16 heavy (non-hydrogen) atoms. The number of nitrogens with zero attached hydrogens (tertiary/aromatic N) is 1. The average molecular weight is 226 g/mol. The third kappa shape index (κ3) is 2.76. The van der Waals surface area contributed by atoms with Crippen molar-refractivity contribution < 1.29 is 4.74 Å². The van der Waals surface area contributed by atoms with Gasteiger partial charge in [-0.05, 0) is 30.6 Å². The van der Waals surface area contributed by atoms with Crippen LogP contribution in [0.5, 0.6) is 0 Å². The fourth-order valence-corrected chi connectivity index (χ4v) is 3.06. The maximum Gasteiger partial charge on any atom is 0.0593 e. The van der Waals surface area contributed by atoms with E-state index in [9.17, 15) is 0 Å². The van der Waals surface area contributed by atoms with Crippen LogP contribution in [0.3, 0.4) is 0 Å². The summed E-state index contributed by atoms with van der Waals surface area (Å²) < 4.78 is 5.48. The largest absolute Gasteiger partial charge is 0.380 e. The molecule has 94 valence electrons. The van der Waals surface area contributed by atoms with Crippen molar-refractivity contribution in [3.8, 4) is 0 Å². The van der Waals surface area contributed by atoms with E-state index in [1.54, 1.807) is 0 Å². The van der Waals surface area contributed by atoms with E-state index in [0.29, 0.717) is 17.4 Å². The Balaban J connectivity index is 1.85. The van der Waals surface area contributed by atoms with Gasteiger partial charge in [-0.25, -0.2) is 0 Å². The van der Waals surface area contributed by atoms with E-state index < -0.39 is 0 Å². The third-order valence-electron chi connectivity index (χ3n) is 4.38. The lowest BCUT2D eigenvalue weighted by Gasteiger charge is -2.30. The number of nitrogens with two attached hydrogens (primary N) is 1. The van der Waals surface area contributed by atoms with Gasteiger partial charge in [0.25, 0.3) is 0 Å². The van der Waals surface area contributed by atoms with Gasteiger partial charge in [-0.2, -0.15) is 0 Å². The molecule has 1 heterocycles. The highest BCUT2D eigenvalue weighted by Crippen LogP contribution is 2.40. The summed E-state index contributed by atoms with van der Waals surface area (Å²) in [6, 6.07) is 0.372. The zero-order valence-corrected chi connectivity index (χ0v) is 10.7. The molecule has 0 aromatic carbocycles. The SMILES string of the molecule is CC1(C)CCC(CN2CCCOCC2)C1N. The van der Waals surface area contributed by atoms with E-state index in [4.69, 9.17) is 10.5 Å². The van der Waals surface area contributed by atoms with E-state index >= 15 is 0 Å². The van der Waals surface area contributed by atoms with Crippen LogP contribution < -0.4 is 5.73 Å². The standard InChI is InChI=1S/C13H26N2O/c1-13(2)5-4-11(12(13)14)10-15-6-3-8-16-9-7-15/h11-12H,3-10,14H2,1-2H3. The molecule has 0 aromatic rings. The fourth-order valence-electron chi connectivity index (χ4n) is 3.06. The highest BCUT2D eigenvalue weighted by Gasteiger charge is 2.39. The van der Waals surface area contributed by atoms with Crippen molar-refractivity contribution in [1.82, 2.24) is 4.90 Å². The van der Waals surface area contributed by atoms with E-state index in [1.165, 1.54) is 32.4 Å². The molecule has 0 bridgehead atoms. The van der Waals surface area contributed by atoms with Gasteiger partial charge in [0, 0.05) is 32.3 Å². The summed E-state index contributed by atoms with van der Waals surface area (Å²) in [5, 5.41) is 0. The highest BCUT2D eigenvalue weighted by atomic mass is 16.5. The van der Waals surface area contributed by atoms with Crippen molar-refractivity contribution in [3.63, 3.8) is 0 Å². The molecule has 1 saturated carbocycles. The lowest BCUT2D eigenvalue weighted by Crippen LogP contribution is -2.42. The molecule has 3 nitrogen and oxygen atoms in total. The molecule has 1 saturated heterocycles. The number of hydrogen-bond acceptors (Lipinski definition) is 3. The van der Waals surface area contributed by atoms with Gasteiger partial charge in [-0.15, -0.1) is 0 Å². The van der Waals surface area contributed by atoms with Crippen molar-refractivity contribution in [1.29, 1.82) is 0 Å². The summed E-state index contributed by atoms with van der Waals surface area (Å²) in [6.07, 6.45) is 3.75. The molecular formula is C13H26N2O. The molecule has 2 unspecified atom stereocenters. The summed E-state index contributed by atoms with van der Waals surface area (Å²) >= 11 is 0. The van der Waals surface area contributed by atoms with Gasteiger partial charge in [-0.3, -0.25) is 0 Å². The Morgan fingerprint density at radius 3 is 2.81 bits per heavy atom. The Morgan fingerprint density at radius 1 is 1.31 bits per heavy atom. The summed E-state index contributed by atoms with van der Waals surface area (Å²) in [6.45, 7) is 9.89. The Kier molecular flexibility index (Phi) is 3.88. The Labute approximate surface area is 99.3 Å². The van der Waals surface area contributed by atoms with Gasteiger partial charge in [0.15, 0.2) is 0 Å². The first-order chi connectivity index (χ1) is 7.59. The number of ether oxygens (including phenoxy) is 1. The summed E-state index contributed by atoms with van der Waals surface area (Å²) in [4.78, 5) is 2.54. The molecule has 1 aliphatic heterocycles. The van der Waals surface area contributed by atoms with Gasteiger partial charge in [0.2, 0.25) is 0 Å². The van der Waals surface area contributed by atoms with Crippen LogP contribution in [0.4, 0.5) is 0 Å². The first kappa shape index (κ1) is 12.3. The van der Waals surface area contributed by atoms with Gasteiger partial charge in [-0.1, -0.05) is 13.8 Å². The molecular weight excluding hydrogens is 200 g/mol. The maximum absolute atomic E-state index is 6.36. The van der Waals surface area contributed by atoms with Crippen LogP contribution >= 0.6 is 0 Å². The smallest absolute Gasteiger partial charge is 0.0593 e. The van der Waals surface area contributed by atoms with E-state index in [-0.39, 0.29) is 0 Å². The maximum atomic E-state index is 6.36. The second kappa shape index (κ2) is 5.03. The molecule has 1 aliphatic carbocycles. The molecule has 2 rings (SSSR count). The molecule has 2 fully saturated rings. The van der Waals surface area contributed by atoms with Crippen LogP contribution in [0.25, 0.3) is 0 Å². The number of rotatable bonds is 2. The minimum absolute atomic E-state index is 0.340. The molecule has 3 heteroatoms. The zero-order chi connectivity index (χ0) is 11.6. The predicted molar refractivity (Wildman–Crippen MR) is 66.4 cm³/mol. The van der Waals surface area contributed by atoms with Crippen LogP contribution in [0, 0.1) is 11.3 Å². The molecule has 0 amide bonds. The van der Waals surface area contributed by atoms with E-state index in [2.05, 4.69) is 18.7 Å². The van der Waals surface area contributed by atoms with Crippen molar-refractivity contribution in [2.24, 2.45) is 17.1 Å². The van der Waals surface area contributed by atoms with Crippen molar-refractivity contribution >= 4 is 0 Å². The molecule has 0 aromatic heterocycles. The lowest BCUT2D eigenvalue weighted by molar-refractivity contribution is 0.136. The average Bonchev–Trinajstić information content (AvgIpc) is 2.50. The van der Waals surface area contributed by atoms with Gasteiger partial charge in [0.1, 0.15) is 0 Å². The lowest BCUT2D eigenvalue weighted by atomic mass is 9.85. The molecule has 0 radical (unpaired) electrons. The summed E-state index contributed by atoms with van der Waals surface area (Å²) in [5.74, 6) is 0.688. The van der Waals surface area contributed by atoms with Gasteiger partial charge in [0.05, 0.1) is 6.61 Å². The topological polar surface area (TPSA) is 38.5 Å². The molecule has 0 spiro atoms. The quantitative estimate of drug-likeness (QED) is 0.775. The third-order valence-corrected chi connectivity index (χ3v) is 4.38. The fraction of sp³-hybridized carbons (Fsp3) is 1.00. The monoisotopic (exact) mass is 226 g/mol. The Hall–Kier alpha value is -0.120. The Morgan fingerprint density at radius 2 is 2.12 bits per heavy atom. The van der Waals surface area contributed by atoms with Gasteiger partial charge >= 0.3 is 0 Å². The minimum atomic E-state index is 0.340. The summed E-state index contributed by atoms with van der Waals surface area (Å²) in [5.41, 5.74) is 6.70. The van der Waals surface area contributed by atoms with Crippen LogP contribution in [0.2, 0.25) is 0 Å². The normalized spacial score (nSPS) is 36.2. The molecule has 2 N–H and O–H groups in total. The van der Waals surface area contributed by atoms with Crippen LogP contribution in [0.1, 0.15) is 33.1 Å². The van der Waals surface area contributed by atoms with Crippen molar-refractivity contribution in [2.45, 2.75) is 39.2 Å². The highest BCUT2D eigenvalue weighted by molar-refractivity contribution is 4.95. The first-order valence-corrected chi connectivity index (χ1v) is 6.65. The first-order valence-electron chi connectivity index (χ1n) is 6.65. The van der Waals surface area contributed by atoms with Crippen molar-refractivity contribution in [2.75, 3.05) is 32.8 Å². The second-order valence-corrected chi connectivity index (χ2v) is 6.08.